The topological polar surface area (TPSA) is 77.5 Å². The summed E-state index contributed by atoms with van der Waals surface area (Å²) in [5.41, 5.74) is 2.58. The molecule has 0 aromatic carbocycles. The van der Waals surface area contributed by atoms with E-state index in [9.17, 15) is 0 Å². The van der Waals surface area contributed by atoms with Crippen molar-refractivity contribution in [3.63, 3.8) is 0 Å². The number of pyridine rings is 2. The first-order chi connectivity index (χ1) is 18.3. The van der Waals surface area contributed by atoms with E-state index in [1.807, 2.05) is 26.0 Å². The van der Waals surface area contributed by atoms with Gasteiger partial charge in [0.05, 0.1) is 28.5 Å². The second-order valence-corrected chi connectivity index (χ2v) is 12.2. The Kier molecular flexibility index (Phi) is 10.9. The molecule has 39 heavy (non-hydrogen) atoms. The molecule has 1 saturated carbocycles. The van der Waals surface area contributed by atoms with E-state index >= 15 is 0 Å². The molecule has 2 aliphatic heterocycles. The highest BCUT2D eigenvalue weighted by Gasteiger charge is 2.33. The van der Waals surface area contributed by atoms with Crippen molar-refractivity contribution in [2.24, 2.45) is 11.8 Å². The Balaban J connectivity index is 0.00000353. The second kappa shape index (κ2) is 13.9. The van der Waals surface area contributed by atoms with Crippen molar-refractivity contribution >= 4 is 29.0 Å². The van der Waals surface area contributed by atoms with Gasteiger partial charge in [-0.05, 0) is 88.8 Å². The summed E-state index contributed by atoms with van der Waals surface area (Å²) in [5, 5.41) is 8.33. The van der Waals surface area contributed by atoms with Gasteiger partial charge in [-0.2, -0.15) is 0 Å². The van der Waals surface area contributed by atoms with E-state index in [1.54, 1.807) is 6.20 Å². The van der Waals surface area contributed by atoms with Crippen LogP contribution in [0.25, 0.3) is 11.3 Å². The van der Waals surface area contributed by atoms with E-state index in [4.69, 9.17) is 42.4 Å². The van der Waals surface area contributed by atoms with Gasteiger partial charge in [-0.15, -0.1) is 0 Å². The van der Waals surface area contributed by atoms with Gasteiger partial charge < -0.3 is 24.8 Å². The first-order valence-corrected chi connectivity index (χ1v) is 14.8. The Morgan fingerprint density at radius 1 is 0.974 bits per heavy atom. The lowest BCUT2D eigenvalue weighted by Gasteiger charge is -2.30. The van der Waals surface area contributed by atoms with Crippen LogP contribution in [-0.4, -0.2) is 60.8 Å². The zero-order valence-corrected chi connectivity index (χ0v) is 24.0. The molecule has 0 bridgehead atoms. The summed E-state index contributed by atoms with van der Waals surface area (Å²) in [6.07, 6.45) is 9.64. The third-order valence-corrected chi connectivity index (χ3v) is 8.58. The molecule has 1 atom stereocenters. The van der Waals surface area contributed by atoms with Gasteiger partial charge in [0.25, 0.3) is 0 Å². The molecule has 0 unspecified atom stereocenters. The number of aromatic nitrogens is 2. The van der Waals surface area contributed by atoms with E-state index in [0.717, 1.165) is 75.5 Å². The molecule has 2 saturated heterocycles. The first-order valence-electron chi connectivity index (χ1n) is 14.0. The molecule has 2 N–H and O–H groups in total. The van der Waals surface area contributed by atoms with Crippen LogP contribution in [0.1, 0.15) is 65.5 Å². The van der Waals surface area contributed by atoms with E-state index in [2.05, 4.69) is 21.7 Å². The molecule has 3 fully saturated rings. The van der Waals surface area contributed by atoms with Gasteiger partial charge in [-0.3, -0.25) is 4.98 Å². The highest BCUT2D eigenvalue weighted by Crippen LogP contribution is 2.35. The molecule has 0 amide bonds. The van der Waals surface area contributed by atoms with Crippen LogP contribution in [-0.2, 0) is 20.6 Å². The van der Waals surface area contributed by atoms with Crippen LogP contribution in [0.2, 0.25) is 10.0 Å². The molecule has 7 nitrogen and oxygen atoms in total. The maximum Gasteiger partial charge on any atom is 0.163 e. The summed E-state index contributed by atoms with van der Waals surface area (Å²) < 4.78 is 17.1. The average molecular weight is 580 g/mol. The van der Waals surface area contributed by atoms with Crippen molar-refractivity contribution in [3.8, 4) is 11.3 Å². The second-order valence-electron chi connectivity index (χ2n) is 11.4. The van der Waals surface area contributed by atoms with Gasteiger partial charge in [-0.1, -0.05) is 30.6 Å². The fourth-order valence-electron chi connectivity index (χ4n) is 5.73. The summed E-state index contributed by atoms with van der Waals surface area (Å²) >= 11 is 13.2. The van der Waals surface area contributed by atoms with Gasteiger partial charge in [0.1, 0.15) is 5.82 Å². The Morgan fingerprint density at radius 3 is 2.46 bits per heavy atom. The van der Waals surface area contributed by atoms with Crippen LogP contribution in [0.5, 0.6) is 0 Å². The SMILES string of the molecule is C.CC1(C)OC[C@@H](CNC2CCC(Cc3cc(-c4nc(NCC5CCOCC5)ccc4Cl)c(Cl)cn3)CC2)O1. The van der Waals surface area contributed by atoms with Crippen molar-refractivity contribution in [1.82, 2.24) is 15.3 Å². The Morgan fingerprint density at radius 2 is 1.74 bits per heavy atom. The highest BCUT2D eigenvalue weighted by atomic mass is 35.5. The number of halogens is 2. The van der Waals surface area contributed by atoms with Gasteiger partial charge in [0.15, 0.2) is 5.79 Å². The molecular formula is C30H44Cl2N4O3. The molecule has 216 valence electrons. The van der Waals surface area contributed by atoms with E-state index in [-0.39, 0.29) is 13.5 Å². The molecule has 2 aromatic rings. The zero-order chi connectivity index (χ0) is 26.5. The molecule has 2 aromatic heterocycles. The fourth-order valence-corrected chi connectivity index (χ4v) is 6.13. The molecule has 1 aliphatic carbocycles. The number of hydrogen-bond acceptors (Lipinski definition) is 7. The van der Waals surface area contributed by atoms with E-state index < -0.39 is 5.79 Å². The molecule has 0 spiro atoms. The average Bonchev–Trinajstić information content (AvgIpc) is 3.28. The predicted molar refractivity (Wildman–Crippen MR) is 159 cm³/mol. The minimum atomic E-state index is -0.462. The Hall–Kier alpha value is -1.48. The van der Waals surface area contributed by atoms with Gasteiger partial charge in [-0.25, -0.2) is 4.98 Å². The van der Waals surface area contributed by atoms with Gasteiger partial charge in [0.2, 0.25) is 0 Å². The fraction of sp³-hybridized carbons (Fsp3) is 0.667. The first kappa shape index (κ1) is 30.5. The normalized spacial score (nSPS) is 25.3. The standard InChI is InChI=1S/C29H40Cl2N4O3.CH4/c1-29(2)37-18-23(38-29)16-32-21-5-3-19(4-6-21)13-22-14-24(26(31)17-33-22)28-25(30)7-8-27(35-28)34-15-20-9-11-36-12-10-20;/h7-8,14,17,19-21,23,32H,3-6,9-13,15-16,18H2,1-2H3,(H,34,35);1H4/t19?,21?,23-;/m1./s1. The van der Waals surface area contributed by atoms with Crippen molar-refractivity contribution in [2.75, 3.05) is 38.2 Å². The summed E-state index contributed by atoms with van der Waals surface area (Å²) in [6, 6.07) is 6.43. The minimum absolute atomic E-state index is 0. The number of ether oxygens (including phenoxy) is 3. The smallest absolute Gasteiger partial charge is 0.163 e. The molecule has 9 heteroatoms. The number of nitrogens with zero attached hydrogens (tertiary/aromatic N) is 2. The summed E-state index contributed by atoms with van der Waals surface area (Å²) in [5.74, 6) is 1.56. The lowest BCUT2D eigenvalue weighted by Crippen LogP contribution is -2.39. The summed E-state index contributed by atoms with van der Waals surface area (Å²) in [4.78, 5) is 9.49. The number of hydrogen-bond donors (Lipinski definition) is 2. The van der Waals surface area contributed by atoms with Gasteiger partial charge in [0, 0.05) is 49.8 Å². The third kappa shape index (κ3) is 8.51. The molecule has 5 rings (SSSR count). The maximum atomic E-state index is 6.60. The molecule has 0 radical (unpaired) electrons. The van der Waals surface area contributed by atoms with Gasteiger partial charge >= 0.3 is 0 Å². The van der Waals surface area contributed by atoms with Crippen molar-refractivity contribution in [1.29, 1.82) is 0 Å². The zero-order valence-electron chi connectivity index (χ0n) is 22.5. The minimum Gasteiger partial charge on any atom is -0.381 e. The van der Waals surface area contributed by atoms with E-state index in [1.165, 1.54) is 12.8 Å². The number of rotatable bonds is 9. The van der Waals surface area contributed by atoms with Crippen LogP contribution in [0, 0.1) is 11.8 Å². The highest BCUT2D eigenvalue weighted by molar-refractivity contribution is 6.36. The summed E-state index contributed by atoms with van der Waals surface area (Å²) in [6.45, 7) is 8.00. The van der Waals surface area contributed by atoms with E-state index in [0.29, 0.717) is 40.2 Å². The monoisotopic (exact) mass is 578 g/mol. The van der Waals surface area contributed by atoms with Crippen molar-refractivity contribution < 1.29 is 14.2 Å². The van der Waals surface area contributed by atoms with Crippen LogP contribution in [0.3, 0.4) is 0 Å². The predicted octanol–water partition coefficient (Wildman–Crippen LogP) is 6.77. The van der Waals surface area contributed by atoms with Crippen LogP contribution < -0.4 is 10.6 Å². The lowest BCUT2D eigenvalue weighted by molar-refractivity contribution is -0.138. The Labute approximate surface area is 243 Å². The van der Waals surface area contributed by atoms with Crippen LogP contribution in [0.15, 0.2) is 24.4 Å². The van der Waals surface area contributed by atoms with Crippen molar-refractivity contribution in [2.45, 2.75) is 84.2 Å². The quantitative estimate of drug-likeness (QED) is 0.340. The molecule has 3 aliphatic rings. The van der Waals surface area contributed by atoms with Crippen LogP contribution >= 0.6 is 23.2 Å². The summed E-state index contributed by atoms with van der Waals surface area (Å²) in [7, 11) is 0. The maximum absolute atomic E-state index is 6.60. The van der Waals surface area contributed by atoms with Crippen LogP contribution in [0.4, 0.5) is 5.82 Å². The number of nitrogens with one attached hydrogen (secondary N) is 2. The van der Waals surface area contributed by atoms with Crippen molar-refractivity contribution in [3.05, 3.63) is 40.1 Å². The molecular weight excluding hydrogens is 535 g/mol. The largest absolute Gasteiger partial charge is 0.381 e. The molecule has 4 heterocycles. The number of anilines is 1. The Bertz CT molecular complexity index is 1070. The third-order valence-electron chi connectivity index (χ3n) is 7.97. The lowest BCUT2D eigenvalue weighted by atomic mass is 9.83.